The van der Waals surface area contributed by atoms with Crippen LogP contribution in [0, 0.1) is 10.5 Å². The van der Waals surface area contributed by atoms with Crippen LogP contribution in [0.1, 0.15) is 5.56 Å². The molecule has 0 radical (unpaired) electrons. The fourth-order valence-electron chi connectivity index (χ4n) is 2.14. The van der Waals surface area contributed by atoms with Crippen LogP contribution in [0.4, 0.5) is 5.69 Å². The zero-order valence-electron chi connectivity index (χ0n) is 11.7. The van der Waals surface area contributed by atoms with Crippen LogP contribution in [-0.2, 0) is 10.0 Å². The van der Waals surface area contributed by atoms with Crippen LogP contribution in [0.2, 0.25) is 0 Å². The Morgan fingerprint density at radius 3 is 2.68 bits per heavy atom. The maximum absolute atomic E-state index is 12.6. The van der Waals surface area contributed by atoms with E-state index in [4.69, 9.17) is 0 Å². The highest BCUT2D eigenvalue weighted by Gasteiger charge is 2.16. The zero-order chi connectivity index (χ0) is 15.7. The van der Waals surface area contributed by atoms with Crippen molar-refractivity contribution < 1.29 is 8.42 Å². The second-order valence-electron chi connectivity index (χ2n) is 4.89. The molecule has 3 rings (SSSR count). The number of rotatable bonds is 3. The number of nitrogens with zero attached hydrogens (tertiary/aromatic N) is 1. The third-order valence-corrected chi connectivity index (χ3v) is 5.87. The molecule has 3 aromatic rings. The Kier molecular flexibility index (Phi) is 4.05. The second kappa shape index (κ2) is 5.85. The quantitative estimate of drug-likeness (QED) is 0.648. The fourth-order valence-corrected chi connectivity index (χ4v) is 3.97. The minimum Gasteiger partial charge on any atom is -0.279 e. The molecule has 1 heterocycles. The van der Waals surface area contributed by atoms with E-state index in [0.717, 1.165) is 20.0 Å². The van der Waals surface area contributed by atoms with Gasteiger partial charge in [-0.05, 0) is 71.5 Å². The van der Waals surface area contributed by atoms with Gasteiger partial charge in [-0.3, -0.25) is 9.71 Å². The molecule has 0 atom stereocenters. The summed E-state index contributed by atoms with van der Waals surface area (Å²) in [5, 5.41) is 0.774. The molecule has 0 aliphatic carbocycles. The first-order chi connectivity index (χ1) is 10.5. The number of pyridine rings is 1. The van der Waals surface area contributed by atoms with Crippen molar-refractivity contribution in [2.75, 3.05) is 4.72 Å². The van der Waals surface area contributed by atoms with E-state index in [1.807, 2.05) is 19.1 Å². The number of hydrogen-bond acceptors (Lipinski definition) is 3. The van der Waals surface area contributed by atoms with Gasteiger partial charge in [0.2, 0.25) is 0 Å². The lowest BCUT2D eigenvalue weighted by Crippen LogP contribution is -2.13. The summed E-state index contributed by atoms with van der Waals surface area (Å²) in [6.07, 6.45) is 1.68. The van der Waals surface area contributed by atoms with Gasteiger partial charge in [0, 0.05) is 15.2 Å². The van der Waals surface area contributed by atoms with E-state index in [1.54, 1.807) is 42.6 Å². The summed E-state index contributed by atoms with van der Waals surface area (Å²) in [7, 11) is -3.63. The molecule has 4 nitrogen and oxygen atoms in total. The van der Waals surface area contributed by atoms with Crippen LogP contribution in [-0.4, -0.2) is 13.4 Å². The van der Waals surface area contributed by atoms with Crippen molar-refractivity contribution in [2.24, 2.45) is 0 Å². The van der Waals surface area contributed by atoms with Gasteiger partial charge in [0.05, 0.1) is 16.1 Å². The molecule has 2 aromatic carbocycles. The summed E-state index contributed by atoms with van der Waals surface area (Å²) in [6, 6.07) is 14.1. The summed E-state index contributed by atoms with van der Waals surface area (Å²) in [5.41, 5.74) is 2.33. The normalized spacial score (nSPS) is 11.5. The van der Waals surface area contributed by atoms with Crippen LogP contribution >= 0.6 is 22.6 Å². The molecule has 0 fully saturated rings. The van der Waals surface area contributed by atoms with Gasteiger partial charge >= 0.3 is 0 Å². The fraction of sp³-hybridized carbons (Fsp3) is 0.0625. The molecule has 112 valence electrons. The molecule has 0 unspecified atom stereocenters. The SMILES string of the molecule is Cc1ccc(S(=O)(=O)Nc2cccc3ncccc23)cc1I. The molecular formula is C16H13IN2O2S. The van der Waals surface area contributed by atoms with Gasteiger partial charge in [-0.25, -0.2) is 8.42 Å². The van der Waals surface area contributed by atoms with Crippen molar-refractivity contribution in [3.8, 4) is 0 Å². The topological polar surface area (TPSA) is 59.1 Å². The molecule has 0 bridgehead atoms. The Morgan fingerprint density at radius 2 is 1.91 bits per heavy atom. The highest BCUT2D eigenvalue weighted by molar-refractivity contribution is 14.1. The van der Waals surface area contributed by atoms with Crippen molar-refractivity contribution >= 4 is 49.2 Å². The Labute approximate surface area is 142 Å². The average molecular weight is 424 g/mol. The molecule has 0 aliphatic heterocycles. The van der Waals surface area contributed by atoms with Crippen LogP contribution < -0.4 is 4.72 Å². The molecular weight excluding hydrogens is 411 g/mol. The summed E-state index contributed by atoms with van der Waals surface area (Å²) >= 11 is 2.13. The van der Waals surface area contributed by atoms with Gasteiger partial charge in [-0.2, -0.15) is 0 Å². The third-order valence-electron chi connectivity index (χ3n) is 3.34. The van der Waals surface area contributed by atoms with E-state index in [-0.39, 0.29) is 4.90 Å². The molecule has 0 saturated carbocycles. The van der Waals surface area contributed by atoms with E-state index in [2.05, 4.69) is 32.3 Å². The number of nitrogens with one attached hydrogen (secondary N) is 1. The number of sulfonamides is 1. The minimum atomic E-state index is -3.63. The number of hydrogen-bond donors (Lipinski definition) is 1. The largest absolute Gasteiger partial charge is 0.279 e. The van der Waals surface area contributed by atoms with Crippen molar-refractivity contribution in [2.45, 2.75) is 11.8 Å². The smallest absolute Gasteiger partial charge is 0.261 e. The van der Waals surface area contributed by atoms with E-state index < -0.39 is 10.0 Å². The molecule has 0 aliphatic rings. The predicted octanol–water partition coefficient (Wildman–Crippen LogP) is 3.95. The molecule has 0 saturated heterocycles. The number of aryl methyl sites for hydroxylation is 1. The van der Waals surface area contributed by atoms with E-state index >= 15 is 0 Å². The van der Waals surface area contributed by atoms with Gasteiger partial charge in [-0.1, -0.05) is 12.1 Å². The summed E-state index contributed by atoms with van der Waals surface area (Å²) in [6.45, 7) is 1.95. The maximum atomic E-state index is 12.6. The van der Waals surface area contributed by atoms with Crippen LogP contribution in [0.15, 0.2) is 59.6 Å². The van der Waals surface area contributed by atoms with E-state index in [9.17, 15) is 8.42 Å². The molecule has 1 N–H and O–H groups in total. The Hall–Kier alpha value is -1.67. The first-order valence-electron chi connectivity index (χ1n) is 6.60. The standard InChI is InChI=1S/C16H13IN2O2S/c1-11-7-8-12(10-14(11)17)22(20,21)19-16-6-2-5-15-13(16)4-3-9-18-15/h2-10,19H,1H3. The molecule has 0 spiro atoms. The molecule has 0 amide bonds. The number of aromatic nitrogens is 1. The highest BCUT2D eigenvalue weighted by atomic mass is 127. The molecule has 1 aromatic heterocycles. The Bertz CT molecular complexity index is 950. The van der Waals surface area contributed by atoms with Crippen LogP contribution in [0.25, 0.3) is 10.9 Å². The van der Waals surface area contributed by atoms with Crippen molar-refractivity contribution in [3.63, 3.8) is 0 Å². The zero-order valence-corrected chi connectivity index (χ0v) is 14.7. The van der Waals surface area contributed by atoms with Gasteiger partial charge in [0.15, 0.2) is 0 Å². The lowest BCUT2D eigenvalue weighted by Gasteiger charge is -2.11. The first-order valence-corrected chi connectivity index (χ1v) is 9.16. The average Bonchev–Trinajstić information content (AvgIpc) is 2.50. The van der Waals surface area contributed by atoms with Crippen LogP contribution in [0.5, 0.6) is 0 Å². The first kappa shape index (κ1) is 15.2. The van der Waals surface area contributed by atoms with Gasteiger partial charge in [0.1, 0.15) is 0 Å². The minimum absolute atomic E-state index is 0.253. The number of halogens is 1. The lowest BCUT2D eigenvalue weighted by molar-refractivity contribution is 0.601. The predicted molar refractivity (Wildman–Crippen MR) is 96.4 cm³/mol. The number of fused-ring (bicyclic) bond motifs is 1. The lowest BCUT2D eigenvalue weighted by atomic mass is 10.2. The van der Waals surface area contributed by atoms with Crippen molar-refractivity contribution in [1.29, 1.82) is 0 Å². The van der Waals surface area contributed by atoms with Crippen molar-refractivity contribution in [3.05, 3.63) is 63.9 Å². The van der Waals surface area contributed by atoms with Crippen LogP contribution in [0.3, 0.4) is 0 Å². The molecule has 6 heteroatoms. The van der Waals surface area contributed by atoms with Gasteiger partial charge in [-0.15, -0.1) is 0 Å². The Balaban J connectivity index is 2.05. The maximum Gasteiger partial charge on any atom is 0.261 e. The molecule has 22 heavy (non-hydrogen) atoms. The number of benzene rings is 2. The highest BCUT2D eigenvalue weighted by Crippen LogP contribution is 2.25. The van der Waals surface area contributed by atoms with Crippen molar-refractivity contribution in [1.82, 2.24) is 4.98 Å². The summed E-state index contributed by atoms with van der Waals surface area (Å²) in [5.74, 6) is 0. The van der Waals surface area contributed by atoms with Gasteiger partial charge < -0.3 is 0 Å². The Morgan fingerprint density at radius 1 is 1.09 bits per heavy atom. The summed E-state index contributed by atoms with van der Waals surface area (Å²) in [4.78, 5) is 4.49. The summed E-state index contributed by atoms with van der Waals surface area (Å²) < 4.78 is 28.7. The monoisotopic (exact) mass is 424 g/mol. The number of anilines is 1. The second-order valence-corrected chi connectivity index (χ2v) is 7.74. The van der Waals surface area contributed by atoms with Gasteiger partial charge in [0.25, 0.3) is 10.0 Å². The van der Waals surface area contributed by atoms with E-state index in [1.165, 1.54) is 0 Å². The van der Waals surface area contributed by atoms with E-state index in [0.29, 0.717) is 5.69 Å². The third kappa shape index (κ3) is 2.93.